The molecule has 26 heavy (non-hydrogen) atoms. The van der Waals surface area contributed by atoms with Gasteiger partial charge in [-0.25, -0.2) is 0 Å². The predicted molar refractivity (Wildman–Crippen MR) is 96.3 cm³/mol. The molecule has 0 spiro atoms. The minimum absolute atomic E-state index is 0.0143. The molecule has 3 aromatic rings. The molecule has 7 nitrogen and oxygen atoms in total. The van der Waals surface area contributed by atoms with Crippen LogP contribution in [0.25, 0.3) is 11.4 Å². The van der Waals surface area contributed by atoms with E-state index in [1.54, 1.807) is 12.1 Å². The van der Waals surface area contributed by atoms with E-state index in [4.69, 9.17) is 0 Å². The number of Topliss-reactive ketones (excluding diaryl/α,β-unsaturated/α-hetero) is 1. The number of aromatic nitrogens is 4. The van der Waals surface area contributed by atoms with Crippen molar-refractivity contribution in [1.29, 1.82) is 0 Å². The molecule has 0 unspecified atom stereocenters. The van der Waals surface area contributed by atoms with Gasteiger partial charge in [0.2, 0.25) is 11.7 Å². The highest BCUT2D eigenvalue weighted by Gasteiger charge is 2.12. The second-order valence-corrected chi connectivity index (χ2v) is 5.98. The van der Waals surface area contributed by atoms with Crippen LogP contribution in [-0.2, 0) is 11.3 Å². The second kappa shape index (κ2) is 7.69. The van der Waals surface area contributed by atoms with E-state index in [1.165, 1.54) is 11.7 Å². The molecule has 1 amide bonds. The van der Waals surface area contributed by atoms with E-state index in [0.717, 1.165) is 11.1 Å². The lowest BCUT2D eigenvalue weighted by atomic mass is 10.0. The van der Waals surface area contributed by atoms with Crippen LogP contribution in [0, 0.1) is 0 Å². The number of amides is 1. The lowest BCUT2D eigenvalue weighted by Crippen LogP contribution is -2.23. The highest BCUT2D eigenvalue weighted by atomic mass is 16.1. The first-order valence-electron chi connectivity index (χ1n) is 8.26. The molecule has 0 radical (unpaired) electrons. The number of tetrazole rings is 1. The van der Waals surface area contributed by atoms with Gasteiger partial charge in [0, 0.05) is 18.1 Å². The van der Waals surface area contributed by atoms with Gasteiger partial charge in [-0.15, -0.1) is 10.2 Å². The Morgan fingerprint density at radius 2 is 1.77 bits per heavy atom. The van der Waals surface area contributed by atoms with Crippen molar-refractivity contribution in [2.45, 2.75) is 26.4 Å². The number of nitrogens with one attached hydrogen (secondary N) is 1. The molecule has 0 aliphatic rings. The van der Waals surface area contributed by atoms with E-state index in [2.05, 4.69) is 20.7 Å². The Balaban J connectivity index is 1.67. The smallest absolute Gasteiger partial charge is 0.217 e. The van der Waals surface area contributed by atoms with Crippen LogP contribution in [0.5, 0.6) is 0 Å². The Labute approximate surface area is 151 Å². The third-order valence-corrected chi connectivity index (χ3v) is 3.92. The first-order chi connectivity index (χ1) is 12.5. The van der Waals surface area contributed by atoms with E-state index in [1.807, 2.05) is 49.4 Å². The molecule has 3 rings (SSSR count). The van der Waals surface area contributed by atoms with Crippen LogP contribution in [0.2, 0.25) is 0 Å². The van der Waals surface area contributed by atoms with E-state index in [0.29, 0.717) is 11.4 Å². The average Bonchev–Trinajstić information content (AvgIpc) is 3.10. The number of hydrogen-bond donors (Lipinski definition) is 1. The van der Waals surface area contributed by atoms with E-state index < -0.39 is 0 Å². The summed E-state index contributed by atoms with van der Waals surface area (Å²) in [5, 5.41) is 15.0. The van der Waals surface area contributed by atoms with Gasteiger partial charge < -0.3 is 5.32 Å². The molecule has 0 fully saturated rings. The van der Waals surface area contributed by atoms with Crippen LogP contribution in [0.1, 0.15) is 35.8 Å². The quantitative estimate of drug-likeness (QED) is 0.690. The fourth-order valence-corrected chi connectivity index (χ4v) is 2.58. The summed E-state index contributed by atoms with van der Waals surface area (Å²) >= 11 is 0. The summed E-state index contributed by atoms with van der Waals surface area (Å²) in [6.45, 7) is 3.38. The maximum absolute atomic E-state index is 12.4. The fraction of sp³-hybridized carbons (Fsp3) is 0.211. The molecule has 0 saturated heterocycles. The van der Waals surface area contributed by atoms with Crippen molar-refractivity contribution < 1.29 is 9.59 Å². The minimum atomic E-state index is -0.110. The van der Waals surface area contributed by atoms with E-state index in [9.17, 15) is 9.59 Å². The number of ketones is 1. The van der Waals surface area contributed by atoms with Gasteiger partial charge in [0.05, 0.1) is 6.04 Å². The van der Waals surface area contributed by atoms with Gasteiger partial charge in [0.15, 0.2) is 5.78 Å². The molecule has 1 aromatic heterocycles. The van der Waals surface area contributed by atoms with Crippen molar-refractivity contribution in [3.63, 3.8) is 0 Å². The lowest BCUT2D eigenvalue weighted by Gasteiger charge is -2.13. The molecule has 1 N–H and O–H groups in total. The van der Waals surface area contributed by atoms with Gasteiger partial charge in [-0.3, -0.25) is 9.59 Å². The summed E-state index contributed by atoms with van der Waals surface area (Å²) in [7, 11) is 0. The number of carbonyl (C=O) groups is 2. The first kappa shape index (κ1) is 17.5. The van der Waals surface area contributed by atoms with Gasteiger partial charge in [-0.05, 0) is 17.7 Å². The monoisotopic (exact) mass is 349 g/mol. The van der Waals surface area contributed by atoms with Gasteiger partial charge >= 0.3 is 0 Å². The number of hydrogen-bond acceptors (Lipinski definition) is 5. The lowest BCUT2D eigenvalue weighted by molar-refractivity contribution is -0.119. The molecule has 1 atom stereocenters. The Hall–Kier alpha value is -3.35. The van der Waals surface area contributed by atoms with Crippen molar-refractivity contribution >= 4 is 11.7 Å². The molecule has 1 heterocycles. The summed E-state index contributed by atoms with van der Waals surface area (Å²) in [4.78, 5) is 24.8. The van der Waals surface area contributed by atoms with Crippen LogP contribution < -0.4 is 5.32 Å². The van der Waals surface area contributed by atoms with Crippen LogP contribution in [0.4, 0.5) is 0 Å². The summed E-state index contributed by atoms with van der Waals surface area (Å²) in [5.41, 5.74) is 2.34. The molecule has 132 valence electrons. The van der Waals surface area contributed by atoms with E-state index in [-0.39, 0.29) is 24.3 Å². The molecule has 0 aliphatic carbocycles. The number of benzene rings is 2. The van der Waals surface area contributed by atoms with Crippen LogP contribution in [-0.4, -0.2) is 31.9 Å². The average molecular weight is 349 g/mol. The highest BCUT2D eigenvalue weighted by molar-refractivity contribution is 5.95. The fourth-order valence-electron chi connectivity index (χ4n) is 2.58. The Morgan fingerprint density at radius 3 is 2.42 bits per heavy atom. The zero-order valence-electron chi connectivity index (χ0n) is 14.6. The predicted octanol–water partition coefficient (Wildman–Crippen LogP) is 2.42. The molecule has 0 saturated carbocycles. The normalized spacial score (nSPS) is 11.8. The van der Waals surface area contributed by atoms with Crippen molar-refractivity contribution in [2.24, 2.45) is 0 Å². The molecule has 7 heteroatoms. The second-order valence-electron chi connectivity index (χ2n) is 5.98. The van der Waals surface area contributed by atoms with Crippen molar-refractivity contribution in [2.75, 3.05) is 0 Å². The van der Waals surface area contributed by atoms with Crippen molar-refractivity contribution in [3.05, 3.63) is 65.7 Å². The van der Waals surface area contributed by atoms with Crippen molar-refractivity contribution in [1.82, 2.24) is 25.5 Å². The standard InChI is InChI=1S/C19H19N5O2/c1-13(20-14(2)25)15-8-10-16(11-9-15)18(26)12-24-22-19(21-23-24)17-6-4-3-5-7-17/h3-11,13H,12H2,1-2H3,(H,20,25)/t13-/m0/s1. The SMILES string of the molecule is CC(=O)N[C@@H](C)c1ccc(C(=O)Cn2nnc(-c3ccccc3)n2)cc1. The zero-order valence-corrected chi connectivity index (χ0v) is 14.6. The largest absolute Gasteiger partial charge is 0.350 e. The van der Waals surface area contributed by atoms with E-state index >= 15 is 0 Å². The van der Waals surface area contributed by atoms with Gasteiger partial charge in [0.25, 0.3) is 0 Å². The summed E-state index contributed by atoms with van der Waals surface area (Å²) < 4.78 is 0. The highest BCUT2D eigenvalue weighted by Crippen LogP contribution is 2.15. The number of carbonyl (C=O) groups excluding carboxylic acids is 2. The molecule has 0 bridgehead atoms. The third-order valence-electron chi connectivity index (χ3n) is 3.92. The van der Waals surface area contributed by atoms with Gasteiger partial charge in [-0.1, -0.05) is 54.6 Å². The van der Waals surface area contributed by atoms with Crippen molar-refractivity contribution in [3.8, 4) is 11.4 Å². The molecular weight excluding hydrogens is 330 g/mol. The summed E-state index contributed by atoms with van der Waals surface area (Å²) in [5.74, 6) is 0.280. The number of nitrogens with zero attached hydrogens (tertiary/aromatic N) is 4. The van der Waals surface area contributed by atoms with Crippen LogP contribution in [0.3, 0.4) is 0 Å². The Bertz CT molecular complexity index is 903. The maximum atomic E-state index is 12.4. The molecular formula is C19H19N5O2. The Morgan fingerprint density at radius 1 is 1.08 bits per heavy atom. The minimum Gasteiger partial charge on any atom is -0.350 e. The molecule has 2 aromatic carbocycles. The maximum Gasteiger partial charge on any atom is 0.217 e. The first-order valence-corrected chi connectivity index (χ1v) is 8.26. The zero-order chi connectivity index (χ0) is 18.5. The van der Waals surface area contributed by atoms with Crippen LogP contribution >= 0.6 is 0 Å². The summed E-state index contributed by atoms with van der Waals surface area (Å²) in [6.07, 6.45) is 0. The third kappa shape index (κ3) is 4.18. The molecule has 0 aliphatic heterocycles. The van der Waals surface area contributed by atoms with Crippen LogP contribution in [0.15, 0.2) is 54.6 Å². The topological polar surface area (TPSA) is 89.8 Å². The Kier molecular flexibility index (Phi) is 5.17. The number of rotatable bonds is 6. The summed E-state index contributed by atoms with van der Waals surface area (Å²) in [6, 6.07) is 16.5. The van der Waals surface area contributed by atoms with Gasteiger partial charge in [-0.2, -0.15) is 4.80 Å². The van der Waals surface area contributed by atoms with Gasteiger partial charge in [0.1, 0.15) is 6.54 Å².